The molecule has 1 saturated carbocycles. The van der Waals surface area contributed by atoms with Crippen LogP contribution in [0.15, 0.2) is 40.6 Å². The molecule has 0 N–H and O–H groups in total. The van der Waals surface area contributed by atoms with Crippen molar-refractivity contribution in [2.45, 2.75) is 57.5 Å². The molecule has 6 nitrogen and oxygen atoms in total. The molecule has 2 aliphatic rings. The highest BCUT2D eigenvalue weighted by molar-refractivity contribution is 7.10. The predicted octanol–water partition coefficient (Wildman–Crippen LogP) is 3.86. The molecule has 1 saturated heterocycles. The quantitative estimate of drug-likeness (QED) is 0.625. The highest BCUT2D eigenvalue weighted by Gasteiger charge is 2.31. The predicted molar refractivity (Wildman–Crippen MR) is 119 cm³/mol. The van der Waals surface area contributed by atoms with Crippen LogP contribution >= 0.6 is 11.3 Å². The number of imidazole rings is 1. The summed E-state index contributed by atoms with van der Waals surface area (Å²) in [4.78, 5) is 33.8. The number of nitrogens with zero attached hydrogens (tertiary/aromatic N) is 4. The summed E-state index contributed by atoms with van der Waals surface area (Å²) in [7, 11) is 0. The molecule has 1 aliphatic heterocycles. The smallest absolute Gasteiger partial charge is 0.330 e. The van der Waals surface area contributed by atoms with E-state index in [1.807, 2.05) is 43.7 Å². The van der Waals surface area contributed by atoms with Crippen molar-refractivity contribution in [3.05, 3.63) is 51.2 Å². The number of carbonyl (C=O) groups is 1. The van der Waals surface area contributed by atoms with Crippen molar-refractivity contribution < 1.29 is 4.79 Å². The first-order chi connectivity index (χ1) is 14.7. The molecule has 5 rings (SSSR count). The van der Waals surface area contributed by atoms with Crippen LogP contribution in [0.25, 0.3) is 11.2 Å². The number of pyridine rings is 1. The van der Waals surface area contributed by atoms with Crippen molar-refractivity contribution in [1.29, 1.82) is 0 Å². The molecule has 0 aromatic carbocycles. The van der Waals surface area contributed by atoms with E-state index in [0.717, 1.165) is 29.0 Å². The number of rotatable bonds is 5. The fourth-order valence-electron chi connectivity index (χ4n) is 5.10. The second-order valence-corrected chi connectivity index (χ2v) is 9.68. The van der Waals surface area contributed by atoms with Crippen molar-refractivity contribution in [2.75, 3.05) is 13.1 Å². The van der Waals surface area contributed by atoms with E-state index in [1.54, 1.807) is 17.5 Å². The first-order valence-electron chi connectivity index (χ1n) is 11.1. The van der Waals surface area contributed by atoms with Gasteiger partial charge in [0.2, 0.25) is 5.91 Å². The average Bonchev–Trinajstić information content (AvgIpc) is 3.50. The Kier molecular flexibility index (Phi) is 5.46. The van der Waals surface area contributed by atoms with Crippen LogP contribution in [0.1, 0.15) is 49.4 Å². The molecule has 1 amide bonds. The number of amides is 1. The second kappa shape index (κ2) is 8.38. The van der Waals surface area contributed by atoms with E-state index in [0.29, 0.717) is 25.4 Å². The lowest BCUT2D eigenvalue weighted by Crippen LogP contribution is -2.33. The number of carbonyl (C=O) groups excluding carboxylic acids is 1. The molecular weight excluding hydrogens is 396 g/mol. The van der Waals surface area contributed by atoms with E-state index >= 15 is 0 Å². The standard InChI is InChI=1S/C23H28N4O2S/c28-21(14-19-8-5-13-30-19)25-12-10-18(16-25)27-22-20(9-4-11-24-22)26(23(27)29)15-17-6-2-1-3-7-17/h4-5,8-9,11,13,17-18H,1-3,6-7,10,12,14-16H2. The van der Waals surface area contributed by atoms with Gasteiger partial charge in [0.15, 0.2) is 5.65 Å². The Labute approximate surface area is 180 Å². The topological polar surface area (TPSA) is 60.1 Å². The van der Waals surface area contributed by atoms with Gasteiger partial charge in [-0.3, -0.25) is 13.9 Å². The van der Waals surface area contributed by atoms with Crippen LogP contribution < -0.4 is 5.69 Å². The molecule has 158 valence electrons. The SMILES string of the molecule is O=C(Cc1cccs1)N1CCC(n2c(=O)n(CC3CCCCC3)c3cccnc32)C1. The molecular formula is C23H28N4O2S. The van der Waals surface area contributed by atoms with Gasteiger partial charge >= 0.3 is 5.69 Å². The summed E-state index contributed by atoms with van der Waals surface area (Å²) in [5.74, 6) is 0.718. The summed E-state index contributed by atoms with van der Waals surface area (Å²) in [5.41, 5.74) is 1.72. The monoisotopic (exact) mass is 424 g/mol. The van der Waals surface area contributed by atoms with Gasteiger partial charge in [-0.1, -0.05) is 25.3 Å². The molecule has 3 aromatic rings. The van der Waals surface area contributed by atoms with Crippen LogP contribution in [-0.4, -0.2) is 38.0 Å². The molecule has 30 heavy (non-hydrogen) atoms. The number of aromatic nitrogens is 3. The number of fused-ring (bicyclic) bond motifs is 1. The maximum atomic E-state index is 13.5. The summed E-state index contributed by atoms with van der Waals surface area (Å²) in [5, 5.41) is 2.00. The summed E-state index contributed by atoms with van der Waals surface area (Å²) in [6.45, 7) is 2.06. The zero-order valence-corrected chi connectivity index (χ0v) is 18.0. The van der Waals surface area contributed by atoms with Crippen molar-refractivity contribution in [1.82, 2.24) is 19.0 Å². The van der Waals surface area contributed by atoms with Gasteiger partial charge in [-0.25, -0.2) is 9.78 Å². The Morgan fingerprint density at radius 2 is 2.00 bits per heavy atom. The van der Waals surface area contributed by atoms with Crippen molar-refractivity contribution >= 4 is 28.4 Å². The highest BCUT2D eigenvalue weighted by Crippen LogP contribution is 2.28. The fraction of sp³-hybridized carbons (Fsp3) is 0.522. The lowest BCUT2D eigenvalue weighted by molar-refractivity contribution is -0.129. The minimum atomic E-state index is -0.00482. The Morgan fingerprint density at radius 1 is 1.13 bits per heavy atom. The van der Waals surface area contributed by atoms with Gasteiger partial charge in [0.25, 0.3) is 0 Å². The van der Waals surface area contributed by atoms with Gasteiger partial charge in [-0.15, -0.1) is 11.3 Å². The third-order valence-electron chi connectivity index (χ3n) is 6.67. The third kappa shape index (κ3) is 3.71. The first kappa shape index (κ1) is 19.5. The van der Waals surface area contributed by atoms with Gasteiger partial charge in [0, 0.05) is 30.7 Å². The molecule has 1 unspecified atom stereocenters. The Balaban J connectivity index is 1.40. The molecule has 4 heterocycles. The Hall–Kier alpha value is -2.41. The largest absolute Gasteiger partial charge is 0.340 e. The van der Waals surface area contributed by atoms with Gasteiger partial charge in [0.05, 0.1) is 18.0 Å². The lowest BCUT2D eigenvalue weighted by Gasteiger charge is -2.21. The number of thiophene rings is 1. The van der Waals surface area contributed by atoms with E-state index in [-0.39, 0.29) is 17.6 Å². The zero-order valence-electron chi connectivity index (χ0n) is 17.2. The zero-order chi connectivity index (χ0) is 20.5. The Morgan fingerprint density at radius 3 is 2.80 bits per heavy atom. The van der Waals surface area contributed by atoms with Crippen LogP contribution in [0.3, 0.4) is 0 Å². The number of likely N-dealkylation sites (tertiary alicyclic amines) is 1. The molecule has 1 aliphatic carbocycles. The highest BCUT2D eigenvalue weighted by atomic mass is 32.1. The van der Waals surface area contributed by atoms with E-state index < -0.39 is 0 Å². The van der Waals surface area contributed by atoms with Crippen LogP contribution in [0.5, 0.6) is 0 Å². The maximum Gasteiger partial charge on any atom is 0.330 e. The summed E-state index contributed by atoms with van der Waals surface area (Å²) in [6, 6.07) is 7.90. The summed E-state index contributed by atoms with van der Waals surface area (Å²) < 4.78 is 3.80. The van der Waals surface area contributed by atoms with Crippen molar-refractivity contribution in [3.8, 4) is 0 Å². The van der Waals surface area contributed by atoms with E-state index in [4.69, 9.17) is 0 Å². The van der Waals surface area contributed by atoms with E-state index in [9.17, 15) is 9.59 Å². The van der Waals surface area contributed by atoms with E-state index in [2.05, 4.69) is 4.98 Å². The van der Waals surface area contributed by atoms with Crippen LogP contribution in [0.4, 0.5) is 0 Å². The second-order valence-electron chi connectivity index (χ2n) is 8.65. The Bertz CT molecular complexity index is 1080. The minimum Gasteiger partial charge on any atom is -0.340 e. The molecule has 2 fully saturated rings. The van der Waals surface area contributed by atoms with Crippen molar-refractivity contribution in [2.24, 2.45) is 5.92 Å². The molecule has 7 heteroatoms. The number of hydrogen-bond acceptors (Lipinski definition) is 4. The molecule has 1 atom stereocenters. The van der Waals surface area contributed by atoms with Crippen LogP contribution in [0, 0.1) is 5.92 Å². The summed E-state index contributed by atoms with van der Waals surface area (Å²) in [6.07, 6.45) is 9.25. The normalized spacial score (nSPS) is 20.3. The molecule has 0 bridgehead atoms. The lowest BCUT2D eigenvalue weighted by atomic mass is 9.89. The van der Waals surface area contributed by atoms with Gasteiger partial charge in [-0.05, 0) is 48.8 Å². The third-order valence-corrected chi connectivity index (χ3v) is 7.55. The molecule has 0 spiro atoms. The maximum absolute atomic E-state index is 13.5. The average molecular weight is 425 g/mol. The van der Waals surface area contributed by atoms with Crippen molar-refractivity contribution in [3.63, 3.8) is 0 Å². The van der Waals surface area contributed by atoms with Crippen LogP contribution in [-0.2, 0) is 17.8 Å². The summed E-state index contributed by atoms with van der Waals surface area (Å²) >= 11 is 1.62. The molecule has 0 radical (unpaired) electrons. The van der Waals surface area contributed by atoms with Gasteiger partial charge in [0.1, 0.15) is 0 Å². The molecule has 3 aromatic heterocycles. The number of hydrogen-bond donors (Lipinski definition) is 0. The first-order valence-corrected chi connectivity index (χ1v) is 11.9. The van der Waals surface area contributed by atoms with Crippen LogP contribution in [0.2, 0.25) is 0 Å². The minimum absolute atomic E-state index is 0.00482. The fourth-order valence-corrected chi connectivity index (χ4v) is 5.79. The van der Waals surface area contributed by atoms with E-state index in [1.165, 1.54) is 32.1 Å². The van der Waals surface area contributed by atoms with Gasteiger partial charge < -0.3 is 4.90 Å². The van der Waals surface area contributed by atoms with Gasteiger partial charge in [-0.2, -0.15) is 0 Å².